The highest BCUT2D eigenvalue weighted by Crippen LogP contribution is 2.31. The molecular weight excluding hydrogens is 280 g/mol. The van der Waals surface area contributed by atoms with Crippen LogP contribution < -0.4 is 9.64 Å². The number of benzene rings is 1. The average Bonchev–Trinajstić information content (AvgIpc) is 3.02. The summed E-state index contributed by atoms with van der Waals surface area (Å²) in [5.74, 6) is 1.03. The third-order valence-corrected chi connectivity index (χ3v) is 4.42. The second-order valence-electron chi connectivity index (χ2n) is 5.94. The van der Waals surface area contributed by atoms with E-state index in [1.165, 1.54) is 0 Å². The predicted octanol–water partition coefficient (Wildman–Crippen LogP) is 1.99. The van der Waals surface area contributed by atoms with Crippen LogP contribution in [0.25, 0.3) is 0 Å². The Labute approximate surface area is 130 Å². The molecule has 0 atom stereocenters. The van der Waals surface area contributed by atoms with Crippen molar-refractivity contribution in [1.29, 1.82) is 0 Å². The predicted molar refractivity (Wildman–Crippen MR) is 84.1 cm³/mol. The molecule has 2 aliphatic rings. The maximum Gasteiger partial charge on any atom is 0.230 e. The molecule has 5 heteroatoms. The topological polar surface area (TPSA) is 49.9 Å². The Morgan fingerprint density at radius 3 is 2.82 bits per heavy atom. The molecule has 0 saturated carbocycles. The van der Waals surface area contributed by atoms with Crippen LogP contribution in [-0.4, -0.2) is 43.5 Å². The van der Waals surface area contributed by atoms with Gasteiger partial charge >= 0.3 is 0 Å². The van der Waals surface area contributed by atoms with E-state index in [1.807, 2.05) is 23.1 Å². The van der Waals surface area contributed by atoms with Gasteiger partial charge < -0.3 is 14.5 Å². The van der Waals surface area contributed by atoms with E-state index in [1.54, 1.807) is 11.9 Å². The first-order valence-corrected chi connectivity index (χ1v) is 7.95. The van der Waals surface area contributed by atoms with Crippen molar-refractivity contribution in [2.24, 2.45) is 0 Å². The number of aryl methyl sites for hydroxylation is 1. The van der Waals surface area contributed by atoms with Crippen LogP contribution in [0.3, 0.4) is 0 Å². The Bertz CT molecular complexity index is 579. The zero-order valence-electron chi connectivity index (χ0n) is 13.0. The van der Waals surface area contributed by atoms with Crippen molar-refractivity contribution in [3.63, 3.8) is 0 Å². The maximum atomic E-state index is 12.1. The van der Waals surface area contributed by atoms with Gasteiger partial charge in [0.2, 0.25) is 11.8 Å². The van der Waals surface area contributed by atoms with Gasteiger partial charge in [0.15, 0.2) is 0 Å². The normalized spacial score (nSPS) is 18.0. The van der Waals surface area contributed by atoms with E-state index in [0.29, 0.717) is 25.9 Å². The molecule has 1 aromatic rings. The molecule has 118 valence electrons. The number of amides is 2. The quantitative estimate of drug-likeness (QED) is 0.858. The van der Waals surface area contributed by atoms with Crippen LogP contribution in [0.15, 0.2) is 18.2 Å². The number of carbonyl (C=O) groups is 2. The molecule has 0 unspecified atom stereocenters. The number of hydrogen-bond acceptors (Lipinski definition) is 3. The number of fused-ring (bicyclic) bond motifs is 1. The minimum atomic E-state index is 0.0593. The fraction of sp³-hybridized carbons (Fsp3) is 0.529. The minimum Gasteiger partial charge on any atom is -0.491 e. The lowest BCUT2D eigenvalue weighted by Crippen LogP contribution is -2.27. The Morgan fingerprint density at radius 1 is 1.27 bits per heavy atom. The van der Waals surface area contributed by atoms with Gasteiger partial charge in [-0.15, -0.1) is 0 Å². The lowest BCUT2D eigenvalue weighted by molar-refractivity contribution is -0.130. The minimum absolute atomic E-state index is 0.0593. The highest BCUT2D eigenvalue weighted by Gasteiger charge is 2.21. The summed E-state index contributed by atoms with van der Waals surface area (Å²) in [7, 11) is 1.77. The molecule has 22 heavy (non-hydrogen) atoms. The van der Waals surface area contributed by atoms with Crippen LogP contribution >= 0.6 is 0 Å². The Kier molecular flexibility index (Phi) is 4.32. The second-order valence-corrected chi connectivity index (χ2v) is 5.94. The molecular formula is C17H22N2O3. The van der Waals surface area contributed by atoms with Gasteiger partial charge in [0.1, 0.15) is 5.75 Å². The second kappa shape index (κ2) is 6.38. The first-order chi connectivity index (χ1) is 10.6. The van der Waals surface area contributed by atoms with Gasteiger partial charge in [0, 0.05) is 26.6 Å². The largest absolute Gasteiger partial charge is 0.491 e. The molecule has 3 rings (SSSR count). The third-order valence-electron chi connectivity index (χ3n) is 4.42. The fourth-order valence-corrected chi connectivity index (χ4v) is 3.03. The molecule has 0 N–H and O–H groups in total. The molecule has 0 aromatic heterocycles. The van der Waals surface area contributed by atoms with Crippen molar-refractivity contribution in [2.45, 2.75) is 32.1 Å². The SMILES string of the molecule is CN1C(=O)CCOc2ccc(CCC(=O)N3CCCC3)cc21. The van der Waals surface area contributed by atoms with Gasteiger partial charge in [-0.2, -0.15) is 0 Å². The zero-order valence-corrected chi connectivity index (χ0v) is 13.0. The summed E-state index contributed by atoms with van der Waals surface area (Å²) in [5.41, 5.74) is 1.87. The molecule has 1 aromatic carbocycles. The highest BCUT2D eigenvalue weighted by molar-refractivity contribution is 5.95. The van der Waals surface area contributed by atoms with E-state index in [4.69, 9.17) is 4.74 Å². The average molecular weight is 302 g/mol. The number of hydrogen-bond donors (Lipinski definition) is 0. The van der Waals surface area contributed by atoms with Crippen LogP contribution in [0.5, 0.6) is 5.75 Å². The number of carbonyl (C=O) groups excluding carboxylic acids is 2. The van der Waals surface area contributed by atoms with Crippen LogP contribution in [0.1, 0.15) is 31.2 Å². The molecule has 0 radical (unpaired) electrons. The van der Waals surface area contributed by atoms with E-state index in [2.05, 4.69) is 0 Å². The van der Waals surface area contributed by atoms with E-state index in [-0.39, 0.29) is 11.8 Å². The van der Waals surface area contributed by atoms with Crippen molar-refractivity contribution >= 4 is 17.5 Å². The molecule has 1 saturated heterocycles. The number of ether oxygens (including phenoxy) is 1. The molecule has 0 spiro atoms. The monoisotopic (exact) mass is 302 g/mol. The van der Waals surface area contributed by atoms with Gasteiger partial charge in [-0.3, -0.25) is 9.59 Å². The van der Waals surface area contributed by atoms with Gasteiger partial charge in [-0.05, 0) is 37.0 Å². The number of rotatable bonds is 3. The van der Waals surface area contributed by atoms with Gasteiger partial charge in [0.05, 0.1) is 18.7 Å². The molecule has 0 bridgehead atoms. The fourth-order valence-electron chi connectivity index (χ4n) is 3.03. The van der Waals surface area contributed by atoms with Crippen molar-refractivity contribution in [3.8, 4) is 5.75 Å². The summed E-state index contributed by atoms with van der Waals surface area (Å²) in [6.07, 6.45) is 3.86. The molecule has 5 nitrogen and oxygen atoms in total. The van der Waals surface area contributed by atoms with Crippen LogP contribution in [0.4, 0.5) is 5.69 Å². The number of anilines is 1. The Balaban J connectivity index is 1.69. The summed E-state index contributed by atoms with van der Waals surface area (Å²) < 4.78 is 5.61. The van der Waals surface area contributed by atoms with E-state index >= 15 is 0 Å². The molecule has 2 amide bonds. The molecule has 2 aliphatic heterocycles. The van der Waals surface area contributed by atoms with E-state index in [9.17, 15) is 9.59 Å². The molecule has 0 aliphatic carbocycles. The van der Waals surface area contributed by atoms with Crippen LogP contribution in [0.2, 0.25) is 0 Å². The van der Waals surface area contributed by atoms with Crippen LogP contribution in [0, 0.1) is 0 Å². The van der Waals surface area contributed by atoms with Crippen molar-refractivity contribution < 1.29 is 14.3 Å². The summed E-state index contributed by atoms with van der Waals surface area (Å²) in [5, 5.41) is 0. The van der Waals surface area contributed by atoms with Gasteiger partial charge in [-0.1, -0.05) is 6.07 Å². The lowest BCUT2D eigenvalue weighted by atomic mass is 10.1. The van der Waals surface area contributed by atoms with Crippen molar-refractivity contribution in [1.82, 2.24) is 4.90 Å². The van der Waals surface area contributed by atoms with Gasteiger partial charge in [0.25, 0.3) is 0 Å². The standard InChI is InChI=1S/C17H22N2O3/c1-18-14-12-13(4-6-15(14)22-11-8-16(18)20)5-7-17(21)19-9-2-3-10-19/h4,6,12H,2-3,5,7-11H2,1H3. The van der Waals surface area contributed by atoms with Crippen molar-refractivity contribution in [2.75, 3.05) is 31.6 Å². The summed E-state index contributed by atoms with van der Waals surface area (Å²) >= 11 is 0. The van der Waals surface area contributed by atoms with E-state index < -0.39 is 0 Å². The summed E-state index contributed by atoms with van der Waals surface area (Å²) in [6.45, 7) is 2.21. The highest BCUT2D eigenvalue weighted by atomic mass is 16.5. The lowest BCUT2D eigenvalue weighted by Gasteiger charge is -2.18. The van der Waals surface area contributed by atoms with Crippen molar-refractivity contribution in [3.05, 3.63) is 23.8 Å². The number of likely N-dealkylation sites (tertiary alicyclic amines) is 1. The zero-order chi connectivity index (χ0) is 15.5. The number of nitrogens with zero attached hydrogens (tertiary/aromatic N) is 2. The van der Waals surface area contributed by atoms with E-state index in [0.717, 1.165) is 42.9 Å². The van der Waals surface area contributed by atoms with Gasteiger partial charge in [-0.25, -0.2) is 0 Å². The summed E-state index contributed by atoms with van der Waals surface area (Å²) in [4.78, 5) is 27.6. The molecule has 2 heterocycles. The smallest absolute Gasteiger partial charge is 0.230 e. The van der Waals surface area contributed by atoms with Crippen LogP contribution in [-0.2, 0) is 16.0 Å². The third kappa shape index (κ3) is 3.08. The first kappa shape index (κ1) is 14.9. The molecule has 1 fully saturated rings. The maximum absolute atomic E-state index is 12.1. The Hall–Kier alpha value is -2.04. The first-order valence-electron chi connectivity index (χ1n) is 7.95. The Morgan fingerprint density at radius 2 is 2.05 bits per heavy atom. The summed E-state index contributed by atoms with van der Waals surface area (Å²) in [6, 6.07) is 5.86.